The van der Waals surface area contributed by atoms with Gasteiger partial charge in [0.1, 0.15) is 5.75 Å². The molecule has 2 atom stereocenters. The van der Waals surface area contributed by atoms with Crippen molar-refractivity contribution in [2.75, 3.05) is 18.6 Å². The van der Waals surface area contributed by atoms with Crippen LogP contribution in [0.2, 0.25) is 5.02 Å². The number of hydrogen-bond acceptors (Lipinski definition) is 3. The minimum absolute atomic E-state index is 0.0218. The SMILES string of the molecule is CS(=O)CCNC(c1ccc(O)cc1)c1ccc(Cl)cc1. The highest BCUT2D eigenvalue weighted by atomic mass is 35.5. The molecule has 0 aromatic heterocycles. The van der Waals surface area contributed by atoms with E-state index in [2.05, 4.69) is 5.32 Å². The van der Waals surface area contributed by atoms with Crippen LogP contribution in [-0.2, 0) is 10.8 Å². The van der Waals surface area contributed by atoms with Gasteiger partial charge in [0.05, 0.1) is 6.04 Å². The maximum atomic E-state index is 11.2. The third-order valence-electron chi connectivity index (χ3n) is 3.17. The van der Waals surface area contributed by atoms with E-state index in [4.69, 9.17) is 11.6 Å². The average molecular weight is 324 g/mol. The highest BCUT2D eigenvalue weighted by Gasteiger charge is 2.13. The molecule has 0 aliphatic heterocycles. The Bertz CT molecular complexity index is 553. The van der Waals surface area contributed by atoms with Crippen molar-refractivity contribution in [1.29, 1.82) is 0 Å². The molecule has 0 fully saturated rings. The number of phenols is 1. The van der Waals surface area contributed by atoms with E-state index in [-0.39, 0.29) is 11.8 Å². The summed E-state index contributed by atoms with van der Waals surface area (Å²) in [7, 11) is -0.826. The summed E-state index contributed by atoms with van der Waals surface area (Å²) in [6, 6.07) is 14.7. The molecule has 2 rings (SSSR count). The van der Waals surface area contributed by atoms with E-state index in [0.29, 0.717) is 17.3 Å². The highest BCUT2D eigenvalue weighted by molar-refractivity contribution is 7.84. The molecule has 2 N–H and O–H groups in total. The number of phenolic OH excluding ortho intramolecular Hbond substituents is 1. The number of halogens is 1. The second-order valence-corrected chi connectivity index (χ2v) is 6.80. The predicted octanol–water partition coefficient (Wildman–Crippen LogP) is 3.10. The Hall–Kier alpha value is -1.36. The summed E-state index contributed by atoms with van der Waals surface area (Å²) in [5.41, 5.74) is 2.11. The highest BCUT2D eigenvalue weighted by Crippen LogP contribution is 2.25. The molecule has 0 saturated carbocycles. The monoisotopic (exact) mass is 323 g/mol. The van der Waals surface area contributed by atoms with E-state index in [1.807, 2.05) is 36.4 Å². The van der Waals surface area contributed by atoms with Crippen LogP contribution in [-0.4, -0.2) is 27.9 Å². The molecule has 2 aromatic rings. The lowest BCUT2D eigenvalue weighted by molar-refractivity contribution is 0.474. The van der Waals surface area contributed by atoms with E-state index < -0.39 is 10.8 Å². The maximum Gasteiger partial charge on any atom is 0.115 e. The number of benzene rings is 2. The summed E-state index contributed by atoms with van der Waals surface area (Å²) in [6.45, 7) is 0.650. The van der Waals surface area contributed by atoms with Crippen molar-refractivity contribution < 1.29 is 9.32 Å². The molecular formula is C16H18ClNO2S. The molecule has 0 aliphatic rings. The number of hydrogen-bond donors (Lipinski definition) is 2. The largest absolute Gasteiger partial charge is 0.508 e. The quantitative estimate of drug-likeness (QED) is 0.859. The first-order chi connectivity index (χ1) is 10.1. The molecule has 5 heteroatoms. The van der Waals surface area contributed by atoms with Gasteiger partial charge in [-0.1, -0.05) is 35.9 Å². The molecule has 0 heterocycles. The zero-order valence-electron chi connectivity index (χ0n) is 11.8. The number of nitrogens with one attached hydrogen (secondary N) is 1. The van der Waals surface area contributed by atoms with E-state index in [9.17, 15) is 9.32 Å². The van der Waals surface area contributed by atoms with E-state index in [1.54, 1.807) is 18.4 Å². The van der Waals surface area contributed by atoms with E-state index >= 15 is 0 Å². The molecule has 0 saturated heterocycles. The fraction of sp³-hybridized carbons (Fsp3) is 0.250. The third-order valence-corrected chi connectivity index (χ3v) is 4.20. The molecule has 0 radical (unpaired) electrons. The van der Waals surface area contributed by atoms with Crippen LogP contribution < -0.4 is 5.32 Å². The molecule has 2 unspecified atom stereocenters. The minimum Gasteiger partial charge on any atom is -0.508 e. The van der Waals surface area contributed by atoms with Crippen LogP contribution in [0, 0.1) is 0 Å². The van der Waals surface area contributed by atoms with Crippen LogP contribution in [0.4, 0.5) is 0 Å². The van der Waals surface area contributed by atoms with Crippen molar-refractivity contribution in [3.8, 4) is 5.75 Å². The van der Waals surface area contributed by atoms with Gasteiger partial charge in [-0.25, -0.2) is 0 Å². The first-order valence-corrected chi connectivity index (χ1v) is 8.74. The van der Waals surface area contributed by atoms with E-state index in [1.165, 1.54) is 0 Å². The Kier molecular flexibility index (Phi) is 5.79. The summed E-state index contributed by atoms with van der Waals surface area (Å²) >= 11 is 5.94. The van der Waals surface area contributed by atoms with Gasteiger partial charge >= 0.3 is 0 Å². The summed E-state index contributed by atoms with van der Waals surface area (Å²) in [5, 5.41) is 13.5. The van der Waals surface area contributed by atoms with Crippen LogP contribution in [0.25, 0.3) is 0 Å². The van der Waals surface area contributed by atoms with Crippen molar-refractivity contribution in [2.45, 2.75) is 6.04 Å². The molecule has 0 bridgehead atoms. The number of rotatable bonds is 6. The van der Waals surface area contributed by atoms with Gasteiger partial charge in [-0.2, -0.15) is 0 Å². The fourth-order valence-corrected chi connectivity index (χ4v) is 2.63. The van der Waals surface area contributed by atoms with Crippen LogP contribution in [0.1, 0.15) is 17.2 Å². The first kappa shape index (κ1) is 16.0. The van der Waals surface area contributed by atoms with Crippen molar-refractivity contribution >= 4 is 22.4 Å². The normalized spacial score (nSPS) is 13.8. The molecule has 0 amide bonds. The zero-order valence-corrected chi connectivity index (χ0v) is 13.3. The van der Waals surface area contributed by atoms with Crippen LogP contribution in [0.5, 0.6) is 5.75 Å². The van der Waals surface area contributed by atoms with Crippen molar-refractivity contribution in [3.63, 3.8) is 0 Å². The standard InChI is InChI=1S/C16H18ClNO2S/c1-21(20)11-10-18-16(12-2-6-14(17)7-3-12)13-4-8-15(19)9-5-13/h2-9,16,18-19H,10-11H2,1H3. The van der Waals surface area contributed by atoms with Crippen molar-refractivity contribution in [3.05, 3.63) is 64.7 Å². The van der Waals surface area contributed by atoms with Crippen LogP contribution in [0.15, 0.2) is 48.5 Å². The van der Waals surface area contributed by atoms with Crippen molar-refractivity contribution in [2.24, 2.45) is 0 Å². The Morgan fingerprint density at radius 3 is 2.14 bits per heavy atom. The number of aromatic hydroxyl groups is 1. The lowest BCUT2D eigenvalue weighted by Gasteiger charge is -2.20. The topological polar surface area (TPSA) is 49.3 Å². The second-order valence-electron chi connectivity index (χ2n) is 4.81. The smallest absolute Gasteiger partial charge is 0.115 e. The molecule has 2 aromatic carbocycles. The Balaban J connectivity index is 2.22. The van der Waals surface area contributed by atoms with Gasteiger partial charge in [0.2, 0.25) is 0 Å². The molecule has 0 spiro atoms. The third kappa shape index (κ3) is 4.84. The van der Waals surface area contributed by atoms with Gasteiger partial charge in [-0.15, -0.1) is 0 Å². The first-order valence-electron chi connectivity index (χ1n) is 6.64. The molecular weight excluding hydrogens is 306 g/mol. The Morgan fingerprint density at radius 1 is 1.10 bits per heavy atom. The summed E-state index contributed by atoms with van der Waals surface area (Å²) < 4.78 is 11.2. The van der Waals surface area contributed by atoms with Crippen molar-refractivity contribution in [1.82, 2.24) is 5.32 Å². The van der Waals surface area contributed by atoms with Crippen LogP contribution in [0.3, 0.4) is 0 Å². The van der Waals surface area contributed by atoms with Gasteiger partial charge in [0.15, 0.2) is 0 Å². The molecule has 3 nitrogen and oxygen atoms in total. The zero-order chi connectivity index (χ0) is 15.2. The Morgan fingerprint density at radius 2 is 1.62 bits per heavy atom. The summed E-state index contributed by atoms with van der Waals surface area (Å²) in [6.07, 6.45) is 1.69. The molecule has 0 aliphatic carbocycles. The molecule has 112 valence electrons. The van der Waals surface area contributed by atoms with E-state index in [0.717, 1.165) is 11.1 Å². The minimum atomic E-state index is -0.826. The summed E-state index contributed by atoms with van der Waals surface area (Å²) in [5.74, 6) is 0.839. The maximum absolute atomic E-state index is 11.2. The average Bonchev–Trinajstić information content (AvgIpc) is 2.46. The van der Waals surface area contributed by atoms with Crippen LogP contribution >= 0.6 is 11.6 Å². The second kappa shape index (κ2) is 7.59. The predicted molar refractivity (Wildman–Crippen MR) is 88.3 cm³/mol. The van der Waals surface area contributed by atoms with Gasteiger partial charge < -0.3 is 10.4 Å². The van der Waals surface area contributed by atoms with Gasteiger partial charge in [0.25, 0.3) is 0 Å². The summed E-state index contributed by atoms with van der Waals surface area (Å²) in [4.78, 5) is 0. The fourth-order valence-electron chi connectivity index (χ4n) is 2.10. The Labute approximate surface area is 132 Å². The van der Waals surface area contributed by atoms with Gasteiger partial charge in [-0.3, -0.25) is 4.21 Å². The van der Waals surface area contributed by atoms with Gasteiger partial charge in [-0.05, 0) is 35.4 Å². The molecule has 21 heavy (non-hydrogen) atoms. The lowest BCUT2D eigenvalue weighted by atomic mass is 9.98. The van der Waals surface area contributed by atoms with Gasteiger partial charge in [0, 0.05) is 34.4 Å². The lowest BCUT2D eigenvalue weighted by Crippen LogP contribution is -2.26.